The van der Waals surface area contributed by atoms with Crippen molar-refractivity contribution in [3.63, 3.8) is 0 Å². The Morgan fingerprint density at radius 2 is 1.72 bits per heavy atom. The number of alkyl carbamates (subject to hydrolysis) is 1. The summed E-state index contributed by atoms with van der Waals surface area (Å²) in [6.07, 6.45) is -1.54. The lowest BCUT2D eigenvalue weighted by molar-refractivity contribution is -0.141. The molecule has 0 aliphatic carbocycles. The number of aliphatic carboxylic acids is 1. The van der Waals surface area contributed by atoms with Gasteiger partial charge in [-0.1, -0.05) is 18.2 Å². The van der Waals surface area contributed by atoms with Gasteiger partial charge in [-0.2, -0.15) is 0 Å². The van der Waals surface area contributed by atoms with Gasteiger partial charge in [0, 0.05) is 6.42 Å². The second kappa shape index (κ2) is 8.81. The molecular formula is C17H21NO7. The van der Waals surface area contributed by atoms with E-state index in [1.165, 1.54) is 12.1 Å². The van der Waals surface area contributed by atoms with Crippen molar-refractivity contribution in [1.82, 2.24) is 5.32 Å². The average Bonchev–Trinajstić information content (AvgIpc) is 2.50. The smallest absolute Gasteiger partial charge is 0.408 e. The van der Waals surface area contributed by atoms with Crippen LogP contribution in [0.1, 0.15) is 44.0 Å². The molecule has 2 N–H and O–H groups in total. The molecule has 8 heteroatoms. The summed E-state index contributed by atoms with van der Waals surface area (Å²) >= 11 is 0. The fraction of sp³-hybridized carbons (Fsp3) is 0.412. The van der Waals surface area contributed by atoms with Gasteiger partial charge in [-0.3, -0.25) is 4.79 Å². The number of carbonyl (C=O) groups excluding carboxylic acids is 3. The van der Waals surface area contributed by atoms with Gasteiger partial charge in [0.25, 0.3) is 0 Å². The highest BCUT2D eigenvalue weighted by molar-refractivity contribution is 5.98. The molecule has 0 saturated heterocycles. The lowest BCUT2D eigenvalue weighted by Crippen LogP contribution is -2.45. The molecule has 0 spiro atoms. The maximum Gasteiger partial charge on any atom is 0.408 e. The van der Waals surface area contributed by atoms with Crippen LogP contribution in [0.15, 0.2) is 30.3 Å². The Balaban J connectivity index is 2.76. The van der Waals surface area contributed by atoms with Gasteiger partial charge in [0.1, 0.15) is 11.6 Å². The van der Waals surface area contributed by atoms with Gasteiger partial charge >= 0.3 is 24.0 Å². The van der Waals surface area contributed by atoms with Gasteiger partial charge in [-0.25, -0.2) is 14.4 Å². The van der Waals surface area contributed by atoms with Crippen LogP contribution in [0.4, 0.5) is 4.79 Å². The molecule has 1 unspecified atom stereocenters. The number of rotatable bonds is 6. The van der Waals surface area contributed by atoms with Crippen molar-refractivity contribution in [3.05, 3.63) is 35.9 Å². The highest BCUT2D eigenvalue weighted by Crippen LogP contribution is 2.09. The monoisotopic (exact) mass is 351 g/mol. The number of esters is 2. The molecule has 1 aromatic carbocycles. The molecule has 0 aliphatic heterocycles. The number of nitrogens with one attached hydrogen (secondary N) is 1. The molecule has 1 rings (SSSR count). The molecule has 136 valence electrons. The first-order valence-corrected chi connectivity index (χ1v) is 7.61. The third kappa shape index (κ3) is 7.96. The topological polar surface area (TPSA) is 119 Å². The van der Waals surface area contributed by atoms with Gasteiger partial charge in [0.15, 0.2) is 0 Å². The average molecular weight is 351 g/mol. The van der Waals surface area contributed by atoms with Crippen molar-refractivity contribution in [2.75, 3.05) is 0 Å². The van der Waals surface area contributed by atoms with Crippen LogP contribution in [0.3, 0.4) is 0 Å². The van der Waals surface area contributed by atoms with E-state index in [-0.39, 0.29) is 12.0 Å². The molecule has 0 bridgehead atoms. The Bertz CT molecular complexity index is 634. The number of benzene rings is 1. The van der Waals surface area contributed by atoms with E-state index in [4.69, 9.17) is 14.6 Å². The maximum atomic E-state index is 12.1. The molecule has 1 amide bonds. The Morgan fingerprint density at radius 3 is 2.24 bits per heavy atom. The molecule has 1 aromatic rings. The summed E-state index contributed by atoms with van der Waals surface area (Å²) in [6.45, 7) is 4.91. The maximum absolute atomic E-state index is 12.1. The summed E-state index contributed by atoms with van der Waals surface area (Å²) in [5.74, 6) is -3.10. The minimum absolute atomic E-state index is 0.158. The Hall–Kier alpha value is -2.90. The molecule has 0 radical (unpaired) electrons. The van der Waals surface area contributed by atoms with E-state index in [1.807, 2.05) is 0 Å². The Morgan fingerprint density at radius 1 is 1.12 bits per heavy atom. The van der Waals surface area contributed by atoms with Gasteiger partial charge in [-0.15, -0.1) is 0 Å². The Labute approximate surface area is 145 Å². The SMILES string of the molecule is CC(C)(C)OC(=O)NC(CCC(=O)O)C(=O)OC(=O)c1ccccc1. The first kappa shape index (κ1) is 20.1. The van der Waals surface area contributed by atoms with Crippen LogP contribution >= 0.6 is 0 Å². The zero-order valence-corrected chi connectivity index (χ0v) is 14.3. The van der Waals surface area contributed by atoms with Crippen LogP contribution in [-0.4, -0.2) is 40.8 Å². The molecule has 0 fully saturated rings. The van der Waals surface area contributed by atoms with Crippen LogP contribution in [-0.2, 0) is 19.1 Å². The first-order valence-electron chi connectivity index (χ1n) is 7.61. The molecular weight excluding hydrogens is 330 g/mol. The van der Waals surface area contributed by atoms with Gasteiger partial charge in [0.05, 0.1) is 5.56 Å². The Kier molecular flexibility index (Phi) is 7.10. The predicted molar refractivity (Wildman–Crippen MR) is 86.9 cm³/mol. The molecule has 8 nitrogen and oxygen atoms in total. The van der Waals surface area contributed by atoms with Crippen LogP contribution < -0.4 is 5.32 Å². The zero-order valence-electron chi connectivity index (χ0n) is 14.3. The van der Waals surface area contributed by atoms with Crippen molar-refractivity contribution in [2.45, 2.75) is 45.3 Å². The van der Waals surface area contributed by atoms with Crippen LogP contribution in [0.5, 0.6) is 0 Å². The highest BCUT2D eigenvalue weighted by atomic mass is 16.6. The van der Waals surface area contributed by atoms with Crippen LogP contribution in [0.25, 0.3) is 0 Å². The van der Waals surface area contributed by atoms with E-state index in [0.717, 1.165) is 0 Å². The zero-order chi connectivity index (χ0) is 19.0. The van der Waals surface area contributed by atoms with Crippen molar-refractivity contribution >= 4 is 24.0 Å². The second-order valence-corrected chi connectivity index (χ2v) is 6.21. The van der Waals surface area contributed by atoms with E-state index in [0.29, 0.717) is 0 Å². The van der Waals surface area contributed by atoms with Gasteiger partial charge in [-0.05, 0) is 39.3 Å². The summed E-state index contributed by atoms with van der Waals surface area (Å²) < 4.78 is 9.75. The standard InChI is InChI=1S/C17H21NO7/c1-17(2,3)25-16(23)18-12(9-10-13(19)20)15(22)24-14(21)11-7-5-4-6-8-11/h4-8,12H,9-10H2,1-3H3,(H,18,23)(H,19,20). The van der Waals surface area contributed by atoms with E-state index in [2.05, 4.69) is 5.32 Å². The molecule has 0 aliphatic rings. The minimum Gasteiger partial charge on any atom is -0.481 e. The molecule has 25 heavy (non-hydrogen) atoms. The van der Waals surface area contributed by atoms with Crippen LogP contribution in [0.2, 0.25) is 0 Å². The lowest BCUT2D eigenvalue weighted by atomic mass is 10.1. The van der Waals surface area contributed by atoms with Crippen LogP contribution in [0, 0.1) is 0 Å². The van der Waals surface area contributed by atoms with E-state index in [1.54, 1.807) is 39.0 Å². The molecule has 0 saturated carbocycles. The fourth-order valence-electron chi connectivity index (χ4n) is 1.76. The normalized spacial score (nSPS) is 12.0. The lowest BCUT2D eigenvalue weighted by Gasteiger charge is -2.22. The summed E-state index contributed by atoms with van der Waals surface area (Å²) in [5.41, 5.74) is -0.643. The van der Waals surface area contributed by atoms with E-state index >= 15 is 0 Å². The van der Waals surface area contributed by atoms with Crippen molar-refractivity contribution in [1.29, 1.82) is 0 Å². The minimum atomic E-state index is -1.32. The summed E-state index contributed by atoms with van der Waals surface area (Å²) in [6, 6.07) is 6.49. The summed E-state index contributed by atoms with van der Waals surface area (Å²) in [7, 11) is 0. The molecule has 0 aromatic heterocycles. The largest absolute Gasteiger partial charge is 0.481 e. The van der Waals surface area contributed by atoms with Gasteiger partial charge in [0.2, 0.25) is 0 Å². The number of hydrogen-bond acceptors (Lipinski definition) is 6. The van der Waals surface area contributed by atoms with Crippen molar-refractivity contribution in [3.8, 4) is 0 Å². The van der Waals surface area contributed by atoms with Crippen molar-refractivity contribution < 1.29 is 33.8 Å². The first-order chi connectivity index (χ1) is 11.6. The quantitative estimate of drug-likeness (QED) is 0.595. The second-order valence-electron chi connectivity index (χ2n) is 6.21. The van der Waals surface area contributed by atoms with E-state index < -0.39 is 42.1 Å². The number of ether oxygens (including phenoxy) is 2. The number of hydrogen-bond donors (Lipinski definition) is 2. The fourth-order valence-corrected chi connectivity index (χ4v) is 1.76. The van der Waals surface area contributed by atoms with Gasteiger partial charge < -0.3 is 19.9 Å². The number of amides is 1. The molecule has 0 heterocycles. The third-order valence-corrected chi connectivity index (χ3v) is 2.83. The number of carboxylic acid groups (broad SMARTS) is 1. The molecule has 1 atom stereocenters. The van der Waals surface area contributed by atoms with E-state index in [9.17, 15) is 19.2 Å². The number of carbonyl (C=O) groups is 4. The van der Waals surface area contributed by atoms with Crippen molar-refractivity contribution in [2.24, 2.45) is 0 Å². The third-order valence-electron chi connectivity index (χ3n) is 2.83. The number of carboxylic acids is 1. The highest BCUT2D eigenvalue weighted by Gasteiger charge is 2.28. The summed E-state index contributed by atoms with van der Waals surface area (Å²) in [4.78, 5) is 46.6. The predicted octanol–water partition coefficient (Wildman–Crippen LogP) is 2.13. The summed E-state index contributed by atoms with van der Waals surface area (Å²) in [5, 5.41) is 11.0.